The predicted octanol–water partition coefficient (Wildman–Crippen LogP) is 2.08. The topological polar surface area (TPSA) is 68.8 Å². The summed E-state index contributed by atoms with van der Waals surface area (Å²) in [5.74, 6) is -0.229. The lowest BCUT2D eigenvalue weighted by atomic mass is 10.1. The van der Waals surface area contributed by atoms with Crippen LogP contribution in [0.1, 0.15) is 18.2 Å². The summed E-state index contributed by atoms with van der Waals surface area (Å²) in [6.07, 6.45) is 0.858. The van der Waals surface area contributed by atoms with Crippen molar-refractivity contribution in [3.05, 3.63) is 33.7 Å². The first kappa shape index (κ1) is 11.2. The number of aromatic nitrogens is 2. The van der Waals surface area contributed by atoms with Crippen LogP contribution in [-0.2, 0) is 6.42 Å². The molecule has 0 spiro atoms. The van der Waals surface area contributed by atoms with Gasteiger partial charge in [0.25, 0.3) is 0 Å². The van der Waals surface area contributed by atoms with Gasteiger partial charge in [0.15, 0.2) is 0 Å². The van der Waals surface area contributed by atoms with Crippen molar-refractivity contribution in [2.45, 2.75) is 20.3 Å². The molecule has 0 amide bonds. The number of thiophene rings is 1. The second-order valence-corrected chi connectivity index (χ2v) is 5.26. The van der Waals surface area contributed by atoms with E-state index in [4.69, 9.17) is 0 Å². The van der Waals surface area contributed by atoms with Crippen molar-refractivity contribution in [3.8, 4) is 5.75 Å². The molecule has 3 rings (SSSR count). The van der Waals surface area contributed by atoms with Gasteiger partial charge in [-0.25, -0.2) is 4.98 Å². The molecule has 0 atom stereocenters. The molecule has 0 radical (unpaired) electrons. The number of H-pyrrole nitrogens is 1. The van der Waals surface area contributed by atoms with Crippen LogP contribution < -0.4 is 10.7 Å². The van der Waals surface area contributed by atoms with E-state index in [1.165, 1.54) is 11.3 Å². The first-order valence-electron chi connectivity index (χ1n) is 5.73. The molecule has 4 nitrogen and oxygen atoms in total. The fourth-order valence-corrected chi connectivity index (χ4v) is 3.20. The van der Waals surface area contributed by atoms with Crippen LogP contribution in [0.2, 0.25) is 0 Å². The Morgan fingerprint density at radius 2 is 2.22 bits per heavy atom. The monoisotopic (exact) mass is 259 g/mol. The zero-order valence-electron chi connectivity index (χ0n) is 10.0. The number of fused-ring (bicyclic) bond motifs is 3. The third-order valence-corrected chi connectivity index (χ3v) is 4.16. The van der Waals surface area contributed by atoms with Gasteiger partial charge < -0.3 is 10.1 Å². The van der Waals surface area contributed by atoms with E-state index in [1.807, 2.05) is 13.0 Å². The van der Waals surface area contributed by atoms with E-state index >= 15 is 0 Å². The molecule has 5 heteroatoms. The molecule has 0 saturated carbocycles. The summed E-state index contributed by atoms with van der Waals surface area (Å²) in [5, 5.41) is 12.6. The fourth-order valence-electron chi connectivity index (χ4n) is 2.16. The molecule has 0 aliphatic carbocycles. The smallest absolute Gasteiger partial charge is 0.247 e. The summed E-state index contributed by atoms with van der Waals surface area (Å²) in [6.45, 7) is 4.04. The standard InChI is InChI=1S/C13H12N2O2S/c1-3-8-6(2)4-7-11-12(18-13(7)14-8)9(16)5-10(17)15-11/h4-5H,3H2,1-2H3,(H2,15,16,17)/p-1. The van der Waals surface area contributed by atoms with Crippen LogP contribution in [0, 0.1) is 6.92 Å². The Labute approximate surface area is 107 Å². The number of aryl methyl sites for hydroxylation is 2. The highest BCUT2D eigenvalue weighted by molar-refractivity contribution is 7.25. The Kier molecular flexibility index (Phi) is 2.38. The predicted molar refractivity (Wildman–Crippen MR) is 71.3 cm³/mol. The van der Waals surface area contributed by atoms with Crippen molar-refractivity contribution >= 4 is 31.8 Å². The van der Waals surface area contributed by atoms with Crippen molar-refractivity contribution in [1.82, 2.24) is 9.97 Å². The first-order chi connectivity index (χ1) is 8.60. The average molecular weight is 259 g/mol. The molecule has 0 unspecified atom stereocenters. The number of hydrogen-bond donors (Lipinski definition) is 1. The molecule has 18 heavy (non-hydrogen) atoms. The number of nitrogens with zero attached hydrogens (tertiary/aromatic N) is 1. The second kappa shape index (κ2) is 3.81. The zero-order valence-corrected chi connectivity index (χ0v) is 10.9. The first-order valence-corrected chi connectivity index (χ1v) is 6.55. The lowest BCUT2D eigenvalue weighted by Gasteiger charge is -2.04. The highest BCUT2D eigenvalue weighted by Gasteiger charge is 2.10. The third-order valence-electron chi connectivity index (χ3n) is 3.05. The van der Waals surface area contributed by atoms with E-state index in [9.17, 15) is 9.90 Å². The molecule has 1 N–H and O–H groups in total. The summed E-state index contributed by atoms with van der Waals surface area (Å²) >= 11 is 1.34. The van der Waals surface area contributed by atoms with Gasteiger partial charge >= 0.3 is 0 Å². The minimum Gasteiger partial charge on any atom is -0.871 e. The Balaban J connectivity index is 2.52. The van der Waals surface area contributed by atoms with Crippen LogP contribution >= 0.6 is 11.3 Å². The molecule has 0 aliphatic rings. The summed E-state index contributed by atoms with van der Waals surface area (Å²) in [7, 11) is 0. The number of rotatable bonds is 1. The summed E-state index contributed by atoms with van der Waals surface area (Å²) in [6, 6.07) is 3.08. The van der Waals surface area contributed by atoms with Gasteiger partial charge in [-0.3, -0.25) is 4.79 Å². The molecule has 0 aliphatic heterocycles. The molecule has 3 aromatic rings. The fraction of sp³-hybridized carbons (Fsp3) is 0.231. The highest BCUT2D eigenvalue weighted by Crippen LogP contribution is 2.35. The van der Waals surface area contributed by atoms with Gasteiger partial charge in [0.2, 0.25) is 5.56 Å². The van der Waals surface area contributed by atoms with Crippen molar-refractivity contribution in [3.63, 3.8) is 0 Å². The average Bonchev–Trinajstić information content (AvgIpc) is 2.66. The van der Waals surface area contributed by atoms with E-state index in [0.29, 0.717) is 10.2 Å². The molecular weight excluding hydrogens is 248 g/mol. The van der Waals surface area contributed by atoms with E-state index in [2.05, 4.69) is 16.9 Å². The van der Waals surface area contributed by atoms with Gasteiger partial charge in [-0.05, 0) is 31.0 Å². The Hall–Kier alpha value is -1.88. The number of nitrogens with one attached hydrogen (secondary N) is 1. The maximum atomic E-state index is 11.8. The van der Waals surface area contributed by atoms with E-state index in [-0.39, 0.29) is 11.3 Å². The van der Waals surface area contributed by atoms with Crippen LogP contribution in [0.3, 0.4) is 0 Å². The lowest BCUT2D eigenvalue weighted by molar-refractivity contribution is -0.265. The van der Waals surface area contributed by atoms with E-state index < -0.39 is 0 Å². The van der Waals surface area contributed by atoms with Gasteiger partial charge in [0.05, 0.1) is 5.52 Å². The molecular formula is C13H11N2O2S-. The van der Waals surface area contributed by atoms with Gasteiger partial charge in [0, 0.05) is 15.8 Å². The van der Waals surface area contributed by atoms with Gasteiger partial charge in [-0.15, -0.1) is 11.3 Å². The zero-order chi connectivity index (χ0) is 12.9. The summed E-state index contributed by atoms with van der Waals surface area (Å²) < 4.78 is 0.574. The normalized spacial score (nSPS) is 11.4. The van der Waals surface area contributed by atoms with Crippen molar-refractivity contribution in [1.29, 1.82) is 0 Å². The highest BCUT2D eigenvalue weighted by atomic mass is 32.1. The van der Waals surface area contributed by atoms with Crippen LogP contribution in [0.15, 0.2) is 16.9 Å². The van der Waals surface area contributed by atoms with Crippen LogP contribution in [0.25, 0.3) is 20.4 Å². The number of pyridine rings is 2. The quantitative estimate of drug-likeness (QED) is 0.727. The molecule has 92 valence electrons. The van der Waals surface area contributed by atoms with Gasteiger partial charge in [0.1, 0.15) is 4.83 Å². The van der Waals surface area contributed by atoms with Crippen molar-refractivity contribution < 1.29 is 5.11 Å². The number of hydrogen-bond acceptors (Lipinski definition) is 4. The van der Waals surface area contributed by atoms with E-state index in [0.717, 1.165) is 34.0 Å². The lowest BCUT2D eigenvalue weighted by Crippen LogP contribution is -2.05. The molecule has 3 heterocycles. The van der Waals surface area contributed by atoms with Gasteiger partial charge in [-0.1, -0.05) is 12.7 Å². The largest absolute Gasteiger partial charge is 0.871 e. The maximum absolute atomic E-state index is 11.8. The molecule has 3 aromatic heterocycles. The molecule has 0 bridgehead atoms. The van der Waals surface area contributed by atoms with Crippen molar-refractivity contribution in [2.24, 2.45) is 0 Å². The van der Waals surface area contributed by atoms with Crippen LogP contribution in [0.5, 0.6) is 5.75 Å². The second-order valence-electron chi connectivity index (χ2n) is 4.26. The third kappa shape index (κ3) is 1.51. The van der Waals surface area contributed by atoms with Gasteiger partial charge in [-0.2, -0.15) is 0 Å². The van der Waals surface area contributed by atoms with Crippen LogP contribution in [0.4, 0.5) is 0 Å². The Morgan fingerprint density at radius 3 is 2.94 bits per heavy atom. The summed E-state index contributed by atoms with van der Waals surface area (Å²) in [4.78, 5) is 19.5. The molecule has 0 saturated heterocycles. The number of aromatic amines is 1. The maximum Gasteiger partial charge on any atom is 0.247 e. The van der Waals surface area contributed by atoms with Crippen LogP contribution in [-0.4, -0.2) is 9.97 Å². The SMILES string of the molecule is CCc1nc2sc3c([O-])cc(=O)[nH]c3c2cc1C. The molecule has 0 aromatic carbocycles. The summed E-state index contributed by atoms with van der Waals surface area (Å²) in [5.41, 5.74) is 2.38. The molecule has 0 fully saturated rings. The minimum absolute atomic E-state index is 0.229. The Morgan fingerprint density at radius 1 is 1.44 bits per heavy atom. The van der Waals surface area contributed by atoms with E-state index in [1.54, 1.807) is 0 Å². The Bertz CT molecular complexity index is 817. The van der Waals surface area contributed by atoms with Crippen molar-refractivity contribution in [2.75, 3.05) is 0 Å². The minimum atomic E-state index is -0.357.